The fourth-order valence-corrected chi connectivity index (χ4v) is 1.94. The molecular formula is C11H10F2N2O3. The number of anilines is 1. The van der Waals surface area contributed by atoms with E-state index in [1.807, 2.05) is 0 Å². The molecule has 0 aromatic heterocycles. The van der Waals surface area contributed by atoms with Gasteiger partial charge in [0.2, 0.25) is 0 Å². The van der Waals surface area contributed by atoms with Gasteiger partial charge in [0.05, 0.1) is 17.1 Å². The van der Waals surface area contributed by atoms with Crippen LogP contribution in [0.2, 0.25) is 0 Å². The van der Waals surface area contributed by atoms with Gasteiger partial charge in [-0.15, -0.1) is 0 Å². The lowest BCUT2D eigenvalue weighted by Crippen LogP contribution is -2.35. The zero-order chi connectivity index (χ0) is 13.3. The lowest BCUT2D eigenvalue weighted by Gasteiger charge is -2.28. The monoisotopic (exact) mass is 256 g/mol. The average Bonchev–Trinajstić information content (AvgIpc) is 2.30. The van der Waals surface area contributed by atoms with Crippen LogP contribution in [-0.4, -0.2) is 23.8 Å². The maximum Gasteiger partial charge on any atom is 0.275 e. The molecule has 2 rings (SSSR count). The summed E-state index contributed by atoms with van der Waals surface area (Å²) in [6.07, 6.45) is 0.464. The van der Waals surface area contributed by atoms with Crippen molar-refractivity contribution in [3.05, 3.63) is 33.9 Å². The number of carbonyl (C=O) groups excluding carboxylic acids is 1. The highest BCUT2D eigenvalue weighted by atomic mass is 19.1. The SMILES string of the molecule is O=C1CCN(c2c(F)cc([N+](=O)[O-])cc2F)CC1. The van der Waals surface area contributed by atoms with E-state index in [0.29, 0.717) is 12.1 Å². The highest BCUT2D eigenvalue weighted by Gasteiger charge is 2.24. The van der Waals surface area contributed by atoms with Crippen molar-refractivity contribution < 1.29 is 18.5 Å². The molecule has 5 nitrogen and oxygen atoms in total. The first-order valence-electron chi connectivity index (χ1n) is 5.39. The molecule has 0 atom stereocenters. The molecule has 7 heteroatoms. The van der Waals surface area contributed by atoms with Gasteiger partial charge in [-0.3, -0.25) is 14.9 Å². The van der Waals surface area contributed by atoms with Gasteiger partial charge >= 0.3 is 0 Å². The van der Waals surface area contributed by atoms with Crippen molar-refractivity contribution in [2.75, 3.05) is 18.0 Å². The zero-order valence-electron chi connectivity index (χ0n) is 9.36. The van der Waals surface area contributed by atoms with Crippen LogP contribution in [0.3, 0.4) is 0 Å². The molecule has 0 unspecified atom stereocenters. The van der Waals surface area contributed by atoms with Crippen LogP contribution < -0.4 is 4.90 Å². The molecule has 1 fully saturated rings. The van der Waals surface area contributed by atoms with Crippen LogP contribution in [0.4, 0.5) is 20.2 Å². The quantitative estimate of drug-likeness (QED) is 0.600. The summed E-state index contributed by atoms with van der Waals surface area (Å²) in [5, 5.41) is 10.4. The Kier molecular flexibility index (Phi) is 3.22. The Hall–Kier alpha value is -2.05. The number of benzene rings is 1. The summed E-state index contributed by atoms with van der Waals surface area (Å²) in [7, 11) is 0. The predicted molar refractivity (Wildman–Crippen MR) is 59.5 cm³/mol. The second-order valence-electron chi connectivity index (χ2n) is 4.04. The highest BCUT2D eigenvalue weighted by molar-refractivity contribution is 5.81. The van der Waals surface area contributed by atoms with Gasteiger partial charge in [0, 0.05) is 25.9 Å². The predicted octanol–water partition coefficient (Wildman–Crippen LogP) is 2.04. The van der Waals surface area contributed by atoms with Crippen molar-refractivity contribution in [3.63, 3.8) is 0 Å². The molecule has 1 aliphatic rings. The summed E-state index contributed by atoms with van der Waals surface area (Å²) < 4.78 is 27.4. The number of ketones is 1. The van der Waals surface area contributed by atoms with E-state index in [4.69, 9.17) is 0 Å². The van der Waals surface area contributed by atoms with Crippen molar-refractivity contribution in [2.45, 2.75) is 12.8 Å². The maximum atomic E-state index is 13.7. The van der Waals surface area contributed by atoms with Crippen molar-refractivity contribution in [1.82, 2.24) is 0 Å². The summed E-state index contributed by atoms with van der Waals surface area (Å²) in [6.45, 7) is 0.453. The number of piperidine rings is 1. The van der Waals surface area contributed by atoms with E-state index in [2.05, 4.69) is 0 Å². The largest absolute Gasteiger partial charge is 0.366 e. The van der Waals surface area contributed by atoms with E-state index in [1.54, 1.807) is 0 Å². The van der Waals surface area contributed by atoms with Crippen LogP contribution >= 0.6 is 0 Å². The van der Waals surface area contributed by atoms with Gasteiger partial charge < -0.3 is 4.90 Å². The molecule has 1 aliphatic heterocycles. The minimum Gasteiger partial charge on any atom is -0.366 e. The smallest absolute Gasteiger partial charge is 0.275 e. The normalized spacial score (nSPS) is 15.9. The number of Topliss-reactive ketones (excluding diaryl/α,β-unsaturated/α-hetero) is 1. The molecule has 1 saturated heterocycles. The molecule has 0 spiro atoms. The Labute approximate surface area is 101 Å². The van der Waals surface area contributed by atoms with Gasteiger partial charge in [-0.05, 0) is 0 Å². The number of non-ortho nitro benzene ring substituents is 1. The Morgan fingerprint density at radius 3 is 2.11 bits per heavy atom. The van der Waals surface area contributed by atoms with Gasteiger partial charge in [0.15, 0.2) is 11.6 Å². The number of halogens is 2. The third kappa shape index (κ3) is 2.29. The Bertz CT molecular complexity index is 486. The fraction of sp³-hybridized carbons (Fsp3) is 0.364. The molecule has 0 bridgehead atoms. The molecule has 1 aromatic rings. The molecule has 18 heavy (non-hydrogen) atoms. The van der Waals surface area contributed by atoms with Gasteiger partial charge in [-0.25, -0.2) is 8.78 Å². The van der Waals surface area contributed by atoms with E-state index in [-0.39, 0.29) is 37.4 Å². The molecule has 0 aliphatic carbocycles. The summed E-state index contributed by atoms with van der Waals surface area (Å²) in [4.78, 5) is 22.0. The van der Waals surface area contributed by atoms with Crippen LogP contribution in [0.5, 0.6) is 0 Å². The van der Waals surface area contributed by atoms with E-state index >= 15 is 0 Å². The summed E-state index contributed by atoms with van der Waals surface area (Å²) >= 11 is 0. The first kappa shape index (κ1) is 12.4. The average molecular weight is 256 g/mol. The lowest BCUT2D eigenvalue weighted by atomic mass is 10.1. The second kappa shape index (κ2) is 4.67. The minimum atomic E-state index is -0.976. The molecule has 1 aromatic carbocycles. The molecule has 1 heterocycles. The van der Waals surface area contributed by atoms with Crippen molar-refractivity contribution in [3.8, 4) is 0 Å². The number of carbonyl (C=O) groups is 1. The second-order valence-corrected chi connectivity index (χ2v) is 4.04. The topological polar surface area (TPSA) is 63.5 Å². The zero-order valence-corrected chi connectivity index (χ0v) is 9.36. The molecular weight excluding hydrogens is 246 g/mol. The van der Waals surface area contributed by atoms with Crippen LogP contribution in [-0.2, 0) is 4.79 Å². The Balaban J connectivity index is 2.33. The molecule has 0 N–H and O–H groups in total. The van der Waals surface area contributed by atoms with Gasteiger partial charge in [-0.1, -0.05) is 0 Å². The first-order valence-corrected chi connectivity index (χ1v) is 5.39. The number of nitrogens with zero attached hydrogens (tertiary/aromatic N) is 2. The number of nitro benzene ring substituents is 1. The summed E-state index contributed by atoms with van der Waals surface area (Å²) in [6, 6.07) is 1.38. The van der Waals surface area contributed by atoms with Crippen molar-refractivity contribution in [1.29, 1.82) is 0 Å². The van der Waals surface area contributed by atoms with Gasteiger partial charge in [0.25, 0.3) is 5.69 Å². The van der Waals surface area contributed by atoms with Gasteiger partial charge in [-0.2, -0.15) is 0 Å². The van der Waals surface area contributed by atoms with Gasteiger partial charge in [0.1, 0.15) is 11.5 Å². The first-order chi connectivity index (χ1) is 8.49. The standard InChI is InChI=1S/C11H10F2N2O3/c12-9-5-7(15(17)18)6-10(13)11(9)14-3-1-8(16)2-4-14/h5-6H,1-4H2. The third-order valence-corrected chi connectivity index (χ3v) is 2.85. The van der Waals surface area contributed by atoms with E-state index in [0.717, 1.165) is 0 Å². The fourth-order valence-electron chi connectivity index (χ4n) is 1.94. The van der Waals surface area contributed by atoms with Crippen LogP contribution in [0.15, 0.2) is 12.1 Å². The molecule has 96 valence electrons. The number of hydrogen-bond donors (Lipinski definition) is 0. The van der Waals surface area contributed by atoms with E-state index < -0.39 is 22.2 Å². The number of nitro groups is 1. The van der Waals surface area contributed by atoms with Crippen LogP contribution in [0.1, 0.15) is 12.8 Å². The molecule has 0 amide bonds. The Morgan fingerprint density at radius 2 is 1.67 bits per heavy atom. The molecule has 0 radical (unpaired) electrons. The van der Waals surface area contributed by atoms with Crippen LogP contribution in [0, 0.1) is 21.7 Å². The minimum absolute atomic E-state index is 0.0500. The van der Waals surface area contributed by atoms with Crippen molar-refractivity contribution in [2.24, 2.45) is 0 Å². The molecule has 0 saturated carbocycles. The summed E-state index contributed by atoms with van der Waals surface area (Å²) in [5.41, 5.74) is -0.921. The summed E-state index contributed by atoms with van der Waals surface area (Å²) in [5.74, 6) is -1.90. The van der Waals surface area contributed by atoms with Crippen molar-refractivity contribution >= 4 is 17.2 Å². The van der Waals surface area contributed by atoms with Crippen LogP contribution in [0.25, 0.3) is 0 Å². The Morgan fingerprint density at radius 1 is 1.17 bits per heavy atom. The highest BCUT2D eigenvalue weighted by Crippen LogP contribution is 2.29. The number of rotatable bonds is 2. The number of hydrogen-bond acceptors (Lipinski definition) is 4. The van der Waals surface area contributed by atoms with E-state index in [1.165, 1.54) is 4.90 Å². The lowest BCUT2D eigenvalue weighted by molar-refractivity contribution is -0.385. The maximum absolute atomic E-state index is 13.7. The van der Waals surface area contributed by atoms with E-state index in [9.17, 15) is 23.7 Å². The third-order valence-electron chi connectivity index (χ3n) is 2.85.